The second-order valence-corrected chi connectivity index (χ2v) is 6.52. The number of nitrogens with one attached hydrogen (secondary N) is 1. The molecular weight excluding hydrogens is 386 g/mol. The fourth-order valence-electron chi connectivity index (χ4n) is 3.14. The van der Waals surface area contributed by atoms with Gasteiger partial charge in [-0.2, -0.15) is 0 Å². The minimum absolute atomic E-state index is 0.0543. The Hall–Kier alpha value is -4.20. The number of rotatable bonds is 4. The molecule has 0 aliphatic carbocycles. The number of fused-ring (bicyclic) bond motifs is 1. The second kappa shape index (κ2) is 7.67. The number of aromatic nitrogens is 2. The molecule has 1 amide bonds. The highest BCUT2D eigenvalue weighted by atomic mass is 16.5. The molecule has 30 heavy (non-hydrogen) atoms. The summed E-state index contributed by atoms with van der Waals surface area (Å²) in [5.74, 6) is -1.60. The van der Waals surface area contributed by atoms with Gasteiger partial charge in [0, 0.05) is 5.56 Å². The third-order valence-corrected chi connectivity index (χ3v) is 4.62. The van der Waals surface area contributed by atoms with Crippen LogP contribution in [0.2, 0.25) is 0 Å². The van der Waals surface area contributed by atoms with Gasteiger partial charge in [-0.25, -0.2) is 9.78 Å². The summed E-state index contributed by atoms with van der Waals surface area (Å²) >= 11 is 0. The molecule has 0 saturated carbocycles. The number of benzene rings is 2. The second-order valence-electron chi connectivity index (χ2n) is 6.52. The van der Waals surface area contributed by atoms with E-state index in [-0.39, 0.29) is 28.3 Å². The molecule has 0 unspecified atom stereocenters. The summed E-state index contributed by atoms with van der Waals surface area (Å²) in [6.45, 7) is 1.71. The van der Waals surface area contributed by atoms with Crippen molar-refractivity contribution in [3.8, 4) is 17.0 Å². The van der Waals surface area contributed by atoms with Crippen molar-refractivity contribution in [3.63, 3.8) is 0 Å². The molecule has 0 spiro atoms. The van der Waals surface area contributed by atoms with Crippen molar-refractivity contribution in [2.45, 2.75) is 6.92 Å². The van der Waals surface area contributed by atoms with Gasteiger partial charge in [0.2, 0.25) is 0 Å². The standard InChI is InChI=1S/C22H17N3O5/c1-12-18-15(11-17(24-21(18)30-25-12)13-7-4-3-5-8-13)20(27)23-16-10-6-9-14(19(16)26)22(28)29-2/h3-11,26H,1-2H3,(H,23,27). The van der Waals surface area contributed by atoms with Crippen LogP contribution >= 0.6 is 0 Å². The van der Waals surface area contributed by atoms with Gasteiger partial charge in [-0.1, -0.05) is 41.6 Å². The molecule has 2 N–H and O–H groups in total. The van der Waals surface area contributed by atoms with Crippen molar-refractivity contribution < 1.29 is 24.0 Å². The average Bonchev–Trinajstić information content (AvgIpc) is 3.15. The zero-order valence-electron chi connectivity index (χ0n) is 16.2. The largest absolute Gasteiger partial charge is 0.505 e. The molecule has 0 saturated heterocycles. The van der Waals surface area contributed by atoms with Gasteiger partial charge in [-0.05, 0) is 25.1 Å². The number of para-hydroxylation sites is 1. The van der Waals surface area contributed by atoms with E-state index in [1.54, 1.807) is 13.0 Å². The predicted molar refractivity (Wildman–Crippen MR) is 109 cm³/mol. The van der Waals surface area contributed by atoms with Crippen LogP contribution in [0.15, 0.2) is 59.1 Å². The number of ether oxygens (including phenoxy) is 1. The summed E-state index contributed by atoms with van der Waals surface area (Å²) in [5.41, 5.74) is 2.38. The van der Waals surface area contributed by atoms with Crippen molar-refractivity contribution in [2.24, 2.45) is 0 Å². The number of nitrogens with zero attached hydrogens (tertiary/aromatic N) is 2. The van der Waals surface area contributed by atoms with Crippen LogP contribution in [0.25, 0.3) is 22.4 Å². The van der Waals surface area contributed by atoms with Crippen LogP contribution in [0, 0.1) is 6.92 Å². The molecule has 0 aliphatic heterocycles. The lowest BCUT2D eigenvalue weighted by Gasteiger charge is -2.11. The minimum Gasteiger partial charge on any atom is -0.505 e. The number of amides is 1. The molecule has 0 atom stereocenters. The Bertz CT molecular complexity index is 1260. The van der Waals surface area contributed by atoms with E-state index in [4.69, 9.17) is 4.52 Å². The number of anilines is 1. The van der Waals surface area contributed by atoms with E-state index in [9.17, 15) is 14.7 Å². The molecule has 0 radical (unpaired) electrons. The predicted octanol–water partition coefficient (Wildman–Crippen LogP) is 3.94. The highest BCUT2D eigenvalue weighted by Crippen LogP contribution is 2.31. The number of pyridine rings is 1. The molecule has 8 heteroatoms. The van der Waals surface area contributed by atoms with Crippen LogP contribution < -0.4 is 5.32 Å². The van der Waals surface area contributed by atoms with E-state index in [0.29, 0.717) is 16.8 Å². The average molecular weight is 403 g/mol. The summed E-state index contributed by atoms with van der Waals surface area (Å²) < 4.78 is 9.94. The first-order valence-electron chi connectivity index (χ1n) is 9.03. The van der Waals surface area contributed by atoms with Crippen molar-refractivity contribution in [1.82, 2.24) is 10.1 Å². The molecule has 0 bridgehead atoms. The van der Waals surface area contributed by atoms with Gasteiger partial charge in [-0.15, -0.1) is 0 Å². The summed E-state index contributed by atoms with van der Waals surface area (Å²) in [6, 6.07) is 15.4. The maximum atomic E-state index is 13.1. The van der Waals surface area contributed by atoms with E-state index < -0.39 is 11.9 Å². The lowest BCUT2D eigenvalue weighted by atomic mass is 10.0. The molecular formula is C22H17N3O5. The highest BCUT2D eigenvalue weighted by molar-refractivity contribution is 6.13. The molecule has 2 aromatic heterocycles. The number of phenols is 1. The third kappa shape index (κ3) is 3.35. The van der Waals surface area contributed by atoms with Gasteiger partial charge in [0.15, 0.2) is 5.75 Å². The topological polar surface area (TPSA) is 115 Å². The van der Waals surface area contributed by atoms with Crippen molar-refractivity contribution >= 4 is 28.7 Å². The van der Waals surface area contributed by atoms with Crippen LogP contribution in [0.4, 0.5) is 5.69 Å². The lowest BCUT2D eigenvalue weighted by molar-refractivity contribution is 0.0597. The maximum Gasteiger partial charge on any atom is 0.341 e. The molecule has 150 valence electrons. The van der Waals surface area contributed by atoms with Gasteiger partial charge in [0.25, 0.3) is 11.6 Å². The number of carbonyl (C=O) groups excluding carboxylic acids is 2. The van der Waals surface area contributed by atoms with Gasteiger partial charge >= 0.3 is 5.97 Å². The Morgan fingerprint density at radius 3 is 2.57 bits per heavy atom. The number of aryl methyl sites for hydroxylation is 1. The highest BCUT2D eigenvalue weighted by Gasteiger charge is 2.21. The molecule has 2 heterocycles. The molecule has 0 fully saturated rings. The monoisotopic (exact) mass is 403 g/mol. The SMILES string of the molecule is COC(=O)c1cccc(NC(=O)c2cc(-c3ccccc3)nc3onc(C)c23)c1O. The zero-order valence-corrected chi connectivity index (χ0v) is 16.2. The van der Waals surface area contributed by atoms with Crippen LogP contribution in [0.3, 0.4) is 0 Å². The maximum absolute atomic E-state index is 13.1. The van der Waals surface area contributed by atoms with Gasteiger partial charge in [0.1, 0.15) is 5.56 Å². The minimum atomic E-state index is -0.712. The van der Waals surface area contributed by atoms with Crippen molar-refractivity contribution in [1.29, 1.82) is 0 Å². The van der Waals surface area contributed by atoms with Crippen LogP contribution in [-0.4, -0.2) is 34.2 Å². The third-order valence-electron chi connectivity index (χ3n) is 4.62. The molecule has 0 aliphatic rings. The van der Waals surface area contributed by atoms with Gasteiger partial charge < -0.3 is 19.7 Å². The van der Waals surface area contributed by atoms with Crippen molar-refractivity contribution in [3.05, 3.63) is 71.4 Å². The molecule has 4 aromatic rings. The Morgan fingerprint density at radius 2 is 1.83 bits per heavy atom. The summed E-state index contributed by atoms with van der Waals surface area (Å²) in [6.07, 6.45) is 0. The first kappa shape index (κ1) is 19.1. The number of hydrogen-bond acceptors (Lipinski definition) is 7. The van der Waals surface area contributed by atoms with Crippen LogP contribution in [0.5, 0.6) is 5.75 Å². The lowest BCUT2D eigenvalue weighted by Crippen LogP contribution is -2.14. The van der Waals surface area contributed by atoms with Crippen LogP contribution in [0.1, 0.15) is 26.4 Å². The van der Waals surface area contributed by atoms with E-state index in [1.807, 2.05) is 30.3 Å². The van der Waals surface area contributed by atoms with Crippen LogP contribution in [-0.2, 0) is 4.74 Å². The number of carbonyl (C=O) groups is 2. The zero-order chi connectivity index (χ0) is 21.3. The fraction of sp³-hybridized carbons (Fsp3) is 0.0909. The molecule has 2 aromatic carbocycles. The molecule has 8 nitrogen and oxygen atoms in total. The van der Waals surface area contributed by atoms with Gasteiger partial charge in [0.05, 0.1) is 35.1 Å². The number of hydrogen-bond donors (Lipinski definition) is 2. The number of methoxy groups -OCH3 is 1. The van der Waals surface area contributed by atoms with Gasteiger partial charge in [-0.3, -0.25) is 4.79 Å². The Balaban J connectivity index is 1.79. The Kier molecular flexibility index (Phi) is 4.89. The molecule has 4 rings (SSSR count). The first-order chi connectivity index (χ1) is 14.5. The fourth-order valence-corrected chi connectivity index (χ4v) is 3.14. The van der Waals surface area contributed by atoms with E-state index in [0.717, 1.165) is 5.56 Å². The van der Waals surface area contributed by atoms with Crippen molar-refractivity contribution in [2.75, 3.05) is 12.4 Å². The first-order valence-corrected chi connectivity index (χ1v) is 9.03. The summed E-state index contributed by atoms with van der Waals surface area (Å²) in [5, 5.41) is 17.4. The normalized spacial score (nSPS) is 10.7. The van der Waals surface area contributed by atoms with E-state index >= 15 is 0 Å². The smallest absolute Gasteiger partial charge is 0.341 e. The Labute approximate surface area is 171 Å². The van der Waals surface area contributed by atoms with E-state index in [2.05, 4.69) is 20.2 Å². The van der Waals surface area contributed by atoms with E-state index in [1.165, 1.54) is 25.3 Å². The Morgan fingerprint density at radius 1 is 1.07 bits per heavy atom. The number of esters is 1. The number of phenolic OH excluding ortho intramolecular Hbond substituents is 1. The summed E-state index contributed by atoms with van der Waals surface area (Å²) in [4.78, 5) is 29.4. The summed E-state index contributed by atoms with van der Waals surface area (Å²) in [7, 11) is 1.21. The quantitative estimate of drug-likeness (QED) is 0.392. The number of aromatic hydroxyl groups is 1.